The summed E-state index contributed by atoms with van der Waals surface area (Å²) in [5.41, 5.74) is 9.38. The minimum absolute atomic E-state index is 0.786. The van der Waals surface area contributed by atoms with Crippen molar-refractivity contribution in [2.75, 3.05) is 0 Å². The van der Waals surface area contributed by atoms with Crippen molar-refractivity contribution in [2.45, 2.75) is 33.1 Å². The Kier molecular flexibility index (Phi) is 2.38. The summed E-state index contributed by atoms with van der Waals surface area (Å²) in [6.07, 6.45) is 3.42. The largest absolute Gasteiger partial charge is 0.402 e. The first-order valence-electron chi connectivity index (χ1n) is 4.24. The molecule has 0 spiro atoms. The van der Waals surface area contributed by atoms with Gasteiger partial charge < -0.3 is 5.73 Å². The van der Waals surface area contributed by atoms with Crippen LogP contribution in [-0.4, -0.2) is 0 Å². The van der Waals surface area contributed by atoms with Crippen LogP contribution in [0.1, 0.15) is 33.1 Å². The summed E-state index contributed by atoms with van der Waals surface area (Å²) < 4.78 is 0. The van der Waals surface area contributed by atoms with Gasteiger partial charge in [0.05, 0.1) is 0 Å². The molecule has 0 aromatic carbocycles. The Morgan fingerprint density at radius 2 is 2.27 bits per heavy atom. The molecule has 2 N–H and O–H groups in total. The van der Waals surface area contributed by atoms with E-state index in [9.17, 15) is 0 Å². The molecule has 1 unspecified atom stereocenters. The molecule has 1 rings (SSSR count). The van der Waals surface area contributed by atoms with Gasteiger partial charge in [-0.3, -0.25) is 0 Å². The Balaban J connectivity index is 2.80. The van der Waals surface area contributed by atoms with Crippen LogP contribution in [0.3, 0.4) is 0 Å². The van der Waals surface area contributed by atoms with Crippen LogP contribution < -0.4 is 5.73 Å². The lowest BCUT2D eigenvalue weighted by Crippen LogP contribution is -2.13. The molecule has 0 radical (unpaired) electrons. The van der Waals surface area contributed by atoms with Gasteiger partial charge in [-0.1, -0.05) is 19.1 Å². The zero-order valence-electron chi connectivity index (χ0n) is 7.48. The van der Waals surface area contributed by atoms with Gasteiger partial charge in [-0.2, -0.15) is 0 Å². The molecule has 0 aliphatic heterocycles. The molecule has 1 nitrogen and oxygen atoms in total. The molecule has 0 aromatic rings. The molecule has 1 heteroatoms. The summed E-state index contributed by atoms with van der Waals surface area (Å²) in [6, 6.07) is 0. The zero-order valence-corrected chi connectivity index (χ0v) is 7.48. The second-order valence-corrected chi connectivity index (χ2v) is 3.63. The molecule has 0 bridgehead atoms. The number of hydrogen-bond acceptors (Lipinski definition) is 1. The van der Waals surface area contributed by atoms with Crippen LogP contribution in [-0.2, 0) is 0 Å². The highest BCUT2D eigenvalue weighted by Gasteiger charge is 2.15. The minimum Gasteiger partial charge on any atom is -0.402 e. The molecular weight excluding hydrogens is 134 g/mol. The van der Waals surface area contributed by atoms with Gasteiger partial charge in [0.15, 0.2) is 0 Å². The van der Waals surface area contributed by atoms with E-state index in [0.717, 1.165) is 30.0 Å². The fraction of sp³-hybridized carbons (Fsp3) is 0.600. The van der Waals surface area contributed by atoms with Crippen LogP contribution in [0.5, 0.6) is 0 Å². The Morgan fingerprint density at radius 3 is 2.73 bits per heavy atom. The highest BCUT2D eigenvalue weighted by molar-refractivity contribution is 5.32. The van der Waals surface area contributed by atoms with Crippen molar-refractivity contribution in [3.05, 3.63) is 23.4 Å². The van der Waals surface area contributed by atoms with E-state index >= 15 is 0 Å². The van der Waals surface area contributed by atoms with Crippen LogP contribution in [0.25, 0.3) is 0 Å². The van der Waals surface area contributed by atoms with Gasteiger partial charge in [-0.25, -0.2) is 0 Å². The van der Waals surface area contributed by atoms with Gasteiger partial charge in [0.25, 0.3) is 0 Å². The van der Waals surface area contributed by atoms with E-state index in [2.05, 4.69) is 13.5 Å². The molecule has 0 amide bonds. The lowest BCUT2D eigenvalue weighted by atomic mass is 9.85. The number of allylic oxidation sites excluding steroid dienone is 3. The highest BCUT2D eigenvalue weighted by atomic mass is 14.6. The summed E-state index contributed by atoms with van der Waals surface area (Å²) in [5, 5.41) is 0. The number of rotatable bonds is 1. The van der Waals surface area contributed by atoms with E-state index in [-0.39, 0.29) is 0 Å². The predicted octanol–water partition coefficient (Wildman–Crippen LogP) is 2.60. The van der Waals surface area contributed by atoms with Crippen molar-refractivity contribution in [1.29, 1.82) is 0 Å². The van der Waals surface area contributed by atoms with Crippen molar-refractivity contribution >= 4 is 0 Å². The van der Waals surface area contributed by atoms with Crippen LogP contribution in [0, 0.1) is 5.92 Å². The van der Waals surface area contributed by atoms with E-state index in [1.807, 2.05) is 6.92 Å². The fourth-order valence-corrected chi connectivity index (χ4v) is 1.58. The molecule has 0 saturated carbocycles. The third kappa shape index (κ3) is 1.86. The normalized spacial score (nSPS) is 25.5. The third-order valence-corrected chi connectivity index (χ3v) is 2.36. The molecule has 0 fully saturated rings. The van der Waals surface area contributed by atoms with Gasteiger partial charge in [-0.05, 0) is 37.7 Å². The molecule has 1 atom stereocenters. The van der Waals surface area contributed by atoms with Crippen molar-refractivity contribution in [3.8, 4) is 0 Å². The quantitative estimate of drug-likeness (QED) is 0.612. The van der Waals surface area contributed by atoms with Crippen molar-refractivity contribution in [3.63, 3.8) is 0 Å². The molecular formula is C10H17N. The monoisotopic (exact) mass is 151 g/mol. The van der Waals surface area contributed by atoms with Gasteiger partial charge in [0, 0.05) is 5.70 Å². The second kappa shape index (κ2) is 3.12. The van der Waals surface area contributed by atoms with Gasteiger partial charge in [0.1, 0.15) is 0 Å². The van der Waals surface area contributed by atoms with Gasteiger partial charge >= 0.3 is 0 Å². The number of hydrogen-bond donors (Lipinski definition) is 1. The van der Waals surface area contributed by atoms with Gasteiger partial charge in [0.2, 0.25) is 0 Å². The lowest BCUT2D eigenvalue weighted by molar-refractivity contribution is 0.497. The van der Waals surface area contributed by atoms with E-state index in [0.29, 0.717) is 0 Å². The second-order valence-electron chi connectivity index (χ2n) is 3.63. The molecule has 11 heavy (non-hydrogen) atoms. The minimum atomic E-state index is 0.786. The van der Waals surface area contributed by atoms with E-state index in [1.165, 1.54) is 12.0 Å². The van der Waals surface area contributed by atoms with E-state index in [4.69, 9.17) is 5.73 Å². The fourth-order valence-electron chi connectivity index (χ4n) is 1.58. The molecule has 1 aliphatic rings. The Bertz CT molecular complexity index is 201. The summed E-state index contributed by atoms with van der Waals surface area (Å²) in [6.45, 7) is 8.24. The van der Waals surface area contributed by atoms with E-state index < -0.39 is 0 Å². The highest BCUT2D eigenvalue weighted by Crippen LogP contribution is 2.29. The van der Waals surface area contributed by atoms with Crippen LogP contribution in [0.4, 0.5) is 0 Å². The molecule has 0 saturated heterocycles. The smallest absolute Gasteiger partial charge is 0.0116 e. The summed E-state index contributed by atoms with van der Waals surface area (Å²) in [7, 11) is 0. The van der Waals surface area contributed by atoms with E-state index in [1.54, 1.807) is 0 Å². The van der Waals surface area contributed by atoms with Crippen molar-refractivity contribution in [2.24, 2.45) is 11.7 Å². The van der Waals surface area contributed by atoms with Crippen molar-refractivity contribution < 1.29 is 0 Å². The Morgan fingerprint density at radius 1 is 1.64 bits per heavy atom. The van der Waals surface area contributed by atoms with Crippen molar-refractivity contribution in [1.82, 2.24) is 0 Å². The first-order chi connectivity index (χ1) is 5.11. The molecule has 1 aliphatic carbocycles. The first kappa shape index (κ1) is 8.38. The van der Waals surface area contributed by atoms with Crippen LogP contribution in [0.15, 0.2) is 23.4 Å². The average Bonchev–Trinajstić information content (AvgIpc) is 1.94. The molecule has 0 heterocycles. The van der Waals surface area contributed by atoms with Crippen LogP contribution >= 0.6 is 0 Å². The Labute approximate surface area is 69.0 Å². The average molecular weight is 151 g/mol. The lowest BCUT2D eigenvalue weighted by Gasteiger charge is -2.22. The predicted molar refractivity (Wildman–Crippen MR) is 49.0 cm³/mol. The summed E-state index contributed by atoms with van der Waals surface area (Å²) >= 11 is 0. The molecule has 0 aromatic heterocycles. The van der Waals surface area contributed by atoms with Crippen LogP contribution in [0.2, 0.25) is 0 Å². The van der Waals surface area contributed by atoms with Gasteiger partial charge in [-0.15, -0.1) is 0 Å². The first-order valence-corrected chi connectivity index (χ1v) is 4.24. The SMILES string of the molecule is C=C(C)C1=C(N)CCC(C)C1. The third-order valence-electron chi connectivity index (χ3n) is 2.36. The molecule has 62 valence electrons. The standard InChI is InChI=1S/C10H17N/c1-7(2)9-6-8(3)4-5-10(9)11/h8H,1,4-6,11H2,2-3H3. The summed E-state index contributed by atoms with van der Waals surface area (Å²) in [4.78, 5) is 0. The Hall–Kier alpha value is -0.720. The maximum Gasteiger partial charge on any atom is 0.0116 e. The number of nitrogens with two attached hydrogens (primary N) is 1. The maximum atomic E-state index is 5.86. The summed E-state index contributed by atoms with van der Waals surface area (Å²) in [5.74, 6) is 0.786. The zero-order chi connectivity index (χ0) is 8.43. The topological polar surface area (TPSA) is 26.0 Å². The maximum absolute atomic E-state index is 5.86.